The normalized spacial score (nSPS) is 12.5. The number of carbonyl (C=O) groups excluding carboxylic acids is 1. The molecule has 2 aromatic carbocycles. The summed E-state index contributed by atoms with van der Waals surface area (Å²) in [6.45, 7) is 5.95. The number of ether oxygens (including phenoxy) is 1. The fraction of sp³-hybridized carbons (Fsp3) is 0.381. The molecule has 0 aliphatic heterocycles. The van der Waals surface area contributed by atoms with Gasteiger partial charge in [-0.25, -0.2) is 8.42 Å². The van der Waals surface area contributed by atoms with Crippen molar-refractivity contribution in [2.45, 2.75) is 45.9 Å². The summed E-state index contributed by atoms with van der Waals surface area (Å²) in [5.41, 5.74) is 1.25. The van der Waals surface area contributed by atoms with Gasteiger partial charge in [-0.2, -0.15) is 0 Å². The van der Waals surface area contributed by atoms with Crippen molar-refractivity contribution in [1.29, 1.82) is 0 Å². The summed E-state index contributed by atoms with van der Waals surface area (Å²) in [5, 5.41) is 3.23. The Kier molecular flexibility index (Phi) is 7.93. The van der Waals surface area contributed by atoms with Crippen molar-refractivity contribution < 1.29 is 17.9 Å². The Bertz CT molecular complexity index is 930. The fourth-order valence-corrected chi connectivity index (χ4v) is 4.33. The van der Waals surface area contributed by atoms with Gasteiger partial charge in [0.15, 0.2) is 0 Å². The number of halogens is 1. The van der Waals surface area contributed by atoms with E-state index in [0.29, 0.717) is 17.1 Å². The van der Waals surface area contributed by atoms with Crippen molar-refractivity contribution >= 4 is 33.2 Å². The topological polar surface area (TPSA) is 75.7 Å². The van der Waals surface area contributed by atoms with Crippen LogP contribution in [0.15, 0.2) is 48.5 Å². The molecule has 0 heterocycles. The summed E-state index contributed by atoms with van der Waals surface area (Å²) in [5.74, 6) is 0.381. The highest BCUT2D eigenvalue weighted by molar-refractivity contribution is 7.92. The molecule has 6 nitrogen and oxygen atoms in total. The minimum atomic E-state index is -3.69. The van der Waals surface area contributed by atoms with Gasteiger partial charge >= 0.3 is 0 Å². The Morgan fingerprint density at radius 3 is 2.34 bits per heavy atom. The van der Waals surface area contributed by atoms with E-state index < -0.39 is 16.1 Å². The molecule has 0 aliphatic rings. The highest BCUT2D eigenvalue weighted by atomic mass is 35.5. The number of nitrogens with zero attached hydrogens (tertiary/aromatic N) is 1. The second-order valence-corrected chi connectivity index (χ2v) is 9.29. The average Bonchev–Trinajstić information content (AvgIpc) is 2.63. The molecular weight excluding hydrogens is 412 g/mol. The van der Waals surface area contributed by atoms with Gasteiger partial charge in [0.05, 0.1) is 18.0 Å². The molecule has 0 fully saturated rings. The van der Waals surface area contributed by atoms with E-state index in [1.54, 1.807) is 25.1 Å². The van der Waals surface area contributed by atoms with Gasteiger partial charge in [-0.3, -0.25) is 9.10 Å². The second kappa shape index (κ2) is 9.98. The molecule has 0 spiro atoms. The van der Waals surface area contributed by atoms with E-state index in [0.717, 1.165) is 21.9 Å². The molecule has 1 atom stereocenters. The number of hydrogen-bond donors (Lipinski definition) is 1. The largest absolute Gasteiger partial charge is 0.491 e. The molecular formula is C21H27ClN2O4S. The maximum Gasteiger partial charge on any atom is 0.244 e. The van der Waals surface area contributed by atoms with E-state index in [-0.39, 0.29) is 18.6 Å². The number of rotatable bonds is 9. The number of carbonyl (C=O) groups is 1. The van der Waals surface area contributed by atoms with Crippen LogP contribution in [0.1, 0.15) is 32.8 Å². The van der Waals surface area contributed by atoms with Crippen molar-refractivity contribution in [2.24, 2.45) is 0 Å². The van der Waals surface area contributed by atoms with Crippen LogP contribution in [-0.4, -0.2) is 32.7 Å². The van der Waals surface area contributed by atoms with E-state index in [1.807, 2.05) is 38.1 Å². The SMILES string of the molecule is CCC(C(=O)NCc1ccc(OC(C)C)cc1)N(c1cccc(Cl)c1)S(C)(=O)=O. The Labute approximate surface area is 177 Å². The minimum Gasteiger partial charge on any atom is -0.491 e. The first-order valence-corrected chi connectivity index (χ1v) is 11.6. The fourth-order valence-electron chi connectivity index (χ4n) is 2.94. The van der Waals surface area contributed by atoms with Crippen LogP contribution >= 0.6 is 11.6 Å². The molecule has 1 amide bonds. The molecule has 0 bridgehead atoms. The predicted octanol–water partition coefficient (Wildman–Crippen LogP) is 3.99. The third-order valence-corrected chi connectivity index (χ3v) is 5.57. The Balaban J connectivity index is 2.15. The van der Waals surface area contributed by atoms with Gasteiger partial charge in [0.2, 0.25) is 15.9 Å². The van der Waals surface area contributed by atoms with Gasteiger partial charge in [-0.15, -0.1) is 0 Å². The van der Waals surface area contributed by atoms with Crippen LogP contribution in [0, 0.1) is 0 Å². The van der Waals surface area contributed by atoms with E-state index in [1.165, 1.54) is 6.07 Å². The Hall–Kier alpha value is -2.25. The molecule has 1 unspecified atom stereocenters. The van der Waals surface area contributed by atoms with E-state index >= 15 is 0 Å². The lowest BCUT2D eigenvalue weighted by Crippen LogP contribution is -2.49. The first-order valence-electron chi connectivity index (χ1n) is 9.40. The highest BCUT2D eigenvalue weighted by Gasteiger charge is 2.31. The lowest BCUT2D eigenvalue weighted by atomic mass is 10.1. The first-order chi connectivity index (χ1) is 13.6. The number of hydrogen-bond acceptors (Lipinski definition) is 4. The van der Waals surface area contributed by atoms with Crippen LogP contribution in [-0.2, 0) is 21.4 Å². The van der Waals surface area contributed by atoms with Gasteiger partial charge < -0.3 is 10.1 Å². The lowest BCUT2D eigenvalue weighted by molar-refractivity contribution is -0.122. The molecule has 2 aromatic rings. The summed E-state index contributed by atoms with van der Waals surface area (Å²) in [7, 11) is -3.69. The molecule has 8 heteroatoms. The Morgan fingerprint density at radius 1 is 1.17 bits per heavy atom. The van der Waals surface area contributed by atoms with Crippen LogP contribution in [0.4, 0.5) is 5.69 Å². The molecule has 1 N–H and O–H groups in total. The molecule has 0 saturated heterocycles. The number of benzene rings is 2. The van der Waals surface area contributed by atoms with Crippen LogP contribution in [0.5, 0.6) is 5.75 Å². The maximum absolute atomic E-state index is 12.8. The van der Waals surface area contributed by atoms with Crippen molar-refractivity contribution in [2.75, 3.05) is 10.6 Å². The summed E-state index contributed by atoms with van der Waals surface area (Å²) in [4.78, 5) is 12.8. The minimum absolute atomic E-state index is 0.0827. The van der Waals surface area contributed by atoms with E-state index in [2.05, 4.69) is 5.32 Å². The molecule has 29 heavy (non-hydrogen) atoms. The van der Waals surface area contributed by atoms with Gasteiger partial charge in [-0.1, -0.05) is 36.7 Å². The standard InChI is InChI=1S/C21H27ClN2O4S/c1-5-20(24(29(4,26)27)18-8-6-7-17(22)13-18)21(25)23-14-16-9-11-19(12-10-16)28-15(2)3/h6-13,15,20H,5,14H2,1-4H3,(H,23,25). The third kappa shape index (κ3) is 6.65. The van der Waals surface area contributed by atoms with Crippen LogP contribution < -0.4 is 14.4 Å². The smallest absolute Gasteiger partial charge is 0.244 e. The number of nitrogens with one attached hydrogen (secondary N) is 1. The monoisotopic (exact) mass is 438 g/mol. The van der Waals surface area contributed by atoms with Gasteiger partial charge in [0.25, 0.3) is 0 Å². The third-order valence-electron chi connectivity index (χ3n) is 4.15. The van der Waals surface area contributed by atoms with Crippen molar-refractivity contribution in [3.8, 4) is 5.75 Å². The molecule has 0 radical (unpaired) electrons. The number of anilines is 1. The second-order valence-electron chi connectivity index (χ2n) is 6.99. The van der Waals surface area contributed by atoms with Gasteiger partial charge in [-0.05, 0) is 56.2 Å². The zero-order chi connectivity index (χ0) is 21.6. The summed E-state index contributed by atoms with van der Waals surface area (Å²) in [6, 6.07) is 13.0. The van der Waals surface area contributed by atoms with Crippen LogP contribution in [0.2, 0.25) is 5.02 Å². The van der Waals surface area contributed by atoms with Crippen LogP contribution in [0.3, 0.4) is 0 Å². The zero-order valence-electron chi connectivity index (χ0n) is 17.1. The van der Waals surface area contributed by atoms with E-state index in [4.69, 9.17) is 16.3 Å². The van der Waals surface area contributed by atoms with Gasteiger partial charge in [0, 0.05) is 11.6 Å². The Morgan fingerprint density at radius 2 is 1.83 bits per heavy atom. The summed E-state index contributed by atoms with van der Waals surface area (Å²) in [6.07, 6.45) is 1.48. The first kappa shape index (κ1) is 23.0. The number of sulfonamides is 1. The highest BCUT2D eigenvalue weighted by Crippen LogP contribution is 2.25. The number of amides is 1. The molecule has 0 saturated carbocycles. The molecule has 0 aliphatic carbocycles. The van der Waals surface area contributed by atoms with Crippen molar-refractivity contribution in [3.63, 3.8) is 0 Å². The van der Waals surface area contributed by atoms with Crippen molar-refractivity contribution in [3.05, 3.63) is 59.1 Å². The lowest BCUT2D eigenvalue weighted by Gasteiger charge is -2.30. The molecule has 2 rings (SSSR count). The summed E-state index contributed by atoms with van der Waals surface area (Å²) < 4.78 is 31.6. The maximum atomic E-state index is 12.8. The average molecular weight is 439 g/mol. The quantitative estimate of drug-likeness (QED) is 0.642. The van der Waals surface area contributed by atoms with Crippen molar-refractivity contribution in [1.82, 2.24) is 5.32 Å². The van der Waals surface area contributed by atoms with Gasteiger partial charge in [0.1, 0.15) is 11.8 Å². The molecule has 158 valence electrons. The van der Waals surface area contributed by atoms with E-state index in [9.17, 15) is 13.2 Å². The zero-order valence-corrected chi connectivity index (χ0v) is 18.6. The molecule has 0 aromatic heterocycles. The summed E-state index contributed by atoms with van der Waals surface area (Å²) >= 11 is 6.02. The van der Waals surface area contributed by atoms with Crippen LogP contribution in [0.25, 0.3) is 0 Å². The predicted molar refractivity (Wildman–Crippen MR) is 117 cm³/mol.